The van der Waals surface area contributed by atoms with Gasteiger partial charge in [0.2, 0.25) is 0 Å². The number of halogens is 2. The van der Waals surface area contributed by atoms with Crippen LogP contribution in [0.1, 0.15) is 18.4 Å². The standard InChI is InChI=1S/C18H19ClFN/c19-16-3-7-18(8-4-16)21-11-9-15(10-12-21)13-14-1-5-17(20)6-2-14/h1-8,15H,9-13H2. The molecule has 1 heterocycles. The third kappa shape index (κ3) is 3.76. The van der Waals surface area contributed by atoms with Crippen LogP contribution in [0.2, 0.25) is 5.02 Å². The van der Waals surface area contributed by atoms with E-state index in [1.54, 1.807) is 12.1 Å². The Morgan fingerprint density at radius 2 is 1.57 bits per heavy atom. The Bertz CT molecular complexity index is 571. The van der Waals surface area contributed by atoms with Crippen molar-refractivity contribution in [3.8, 4) is 0 Å². The van der Waals surface area contributed by atoms with E-state index in [0.717, 1.165) is 24.5 Å². The van der Waals surface area contributed by atoms with E-state index < -0.39 is 0 Å². The molecule has 1 nitrogen and oxygen atoms in total. The molecule has 3 rings (SSSR count). The molecule has 3 heteroatoms. The first-order chi connectivity index (χ1) is 10.2. The zero-order valence-corrected chi connectivity index (χ0v) is 12.7. The van der Waals surface area contributed by atoms with E-state index in [0.29, 0.717) is 5.92 Å². The van der Waals surface area contributed by atoms with Crippen LogP contribution in [0.4, 0.5) is 10.1 Å². The van der Waals surface area contributed by atoms with E-state index in [-0.39, 0.29) is 5.82 Å². The van der Waals surface area contributed by atoms with Crippen molar-refractivity contribution in [2.24, 2.45) is 5.92 Å². The fraction of sp³-hybridized carbons (Fsp3) is 0.333. The van der Waals surface area contributed by atoms with Gasteiger partial charge in [0.05, 0.1) is 0 Å². The van der Waals surface area contributed by atoms with Crippen LogP contribution in [0.3, 0.4) is 0 Å². The lowest BCUT2D eigenvalue weighted by Gasteiger charge is -2.33. The Labute approximate surface area is 130 Å². The van der Waals surface area contributed by atoms with Gasteiger partial charge >= 0.3 is 0 Å². The quantitative estimate of drug-likeness (QED) is 0.776. The Morgan fingerprint density at radius 3 is 2.19 bits per heavy atom. The van der Waals surface area contributed by atoms with Gasteiger partial charge in [0, 0.05) is 23.8 Å². The van der Waals surface area contributed by atoms with Gasteiger partial charge in [-0.15, -0.1) is 0 Å². The van der Waals surface area contributed by atoms with Crippen molar-refractivity contribution >= 4 is 17.3 Å². The molecule has 1 aliphatic heterocycles. The van der Waals surface area contributed by atoms with Crippen LogP contribution in [0.5, 0.6) is 0 Å². The van der Waals surface area contributed by atoms with Crippen molar-refractivity contribution < 1.29 is 4.39 Å². The van der Waals surface area contributed by atoms with Crippen molar-refractivity contribution in [1.29, 1.82) is 0 Å². The summed E-state index contributed by atoms with van der Waals surface area (Å²) in [6.07, 6.45) is 3.41. The number of hydrogen-bond donors (Lipinski definition) is 0. The number of rotatable bonds is 3. The first-order valence-corrected chi connectivity index (χ1v) is 7.83. The molecule has 0 unspecified atom stereocenters. The second-order valence-corrected chi connectivity index (χ2v) is 6.17. The van der Waals surface area contributed by atoms with Crippen molar-refractivity contribution in [3.05, 3.63) is 64.9 Å². The van der Waals surface area contributed by atoms with Gasteiger partial charge in [-0.2, -0.15) is 0 Å². The molecule has 0 saturated carbocycles. The first-order valence-electron chi connectivity index (χ1n) is 7.46. The molecule has 0 amide bonds. The van der Waals surface area contributed by atoms with Gasteiger partial charge in [0.25, 0.3) is 0 Å². The summed E-state index contributed by atoms with van der Waals surface area (Å²) < 4.78 is 12.9. The SMILES string of the molecule is Fc1ccc(CC2CCN(c3ccc(Cl)cc3)CC2)cc1. The highest BCUT2D eigenvalue weighted by Gasteiger charge is 2.19. The molecule has 0 atom stereocenters. The van der Waals surface area contributed by atoms with Crippen LogP contribution < -0.4 is 4.90 Å². The van der Waals surface area contributed by atoms with Crippen molar-refractivity contribution in [3.63, 3.8) is 0 Å². The van der Waals surface area contributed by atoms with Crippen LogP contribution in [-0.2, 0) is 6.42 Å². The van der Waals surface area contributed by atoms with Crippen LogP contribution in [-0.4, -0.2) is 13.1 Å². The lowest BCUT2D eigenvalue weighted by atomic mass is 9.90. The van der Waals surface area contributed by atoms with Crippen LogP contribution in [0.25, 0.3) is 0 Å². The van der Waals surface area contributed by atoms with Crippen LogP contribution >= 0.6 is 11.6 Å². The molecule has 21 heavy (non-hydrogen) atoms. The molecule has 1 saturated heterocycles. The summed E-state index contributed by atoms with van der Waals surface area (Å²) in [5.74, 6) is 0.537. The third-order valence-corrected chi connectivity index (χ3v) is 4.50. The molecular formula is C18H19ClFN. The molecule has 0 aliphatic carbocycles. The van der Waals surface area contributed by atoms with Crippen molar-refractivity contribution in [1.82, 2.24) is 0 Å². The Kier molecular flexibility index (Phi) is 4.45. The Morgan fingerprint density at radius 1 is 0.952 bits per heavy atom. The largest absolute Gasteiger partial charge is 0.372 e. The van der Waals surface area contributed by atoms with E-state index in [2.05, 4.69) is 17.0 Å². The van der Waals surface area contributed by atoms with Gasteiger partial charge in [-0.25, -0.2) is 4.39 Å². The molecule has 1 aliphatic rings. The fourth-order valence-electron chi connectivity index (χ4n) is 3.00. The van der Waals surface area contributed by atoms with Gasteiger partial charge in [-0.3, -0.25) is 0 Å². The zero-order chi connectivity index (χ0) is 14.7. The summed E-state index contributed by atoms with van der Waals surface area (Å²) in [4.78, 5) is 2.41. The smallest absolute Gasteiger partial charge is 0.123 e. The summed E-state index contributed by atoms with van der Waals surface area (Å²) in [5.41, 5.74) is 2.49. The minimum Gasteiger partial charge on any atom is -0.372 e. The summed E-state index contributed by atoms with van der Waals surface area (Å²) in [5, 5.41) is 0.782. The second-order valence-electron chi connectivity index (χ2n) is 5.74. The molecule has 2 aromatic carbocycles. The summed E-state index contributed by atoms with van der Waals surface area (Å²) in [6, 6.07) is 15.0. The summed E-state index contributed by atoms with van der Waals surface area (Å²) in [6.45, 7) is 2.15. The molecule has 0 radical (unpaired) electrons. The minimum atomic E-state index is -0.156. The molecule has 0 aromatic heterocycles. The monoisotopic (exact) mass is 303 g/mol. The predicted octanol–water partition coefficient (Wildman–Crippen LogP) is 4.94. The second kappa shape index (κ2) is 6.48. The van der Waals surface area contributed by atoms with Gasteiger partial charge in [-0.1, -0.05) is 23.7 Å². The van der Waals surface area contributed by atoms with Gasteiger partial charge in [0.1, 0.15) is 5.82 Å². The van der Waals surface area contributed by atoms with E-state index in [1.165, 1.54) is 24.1 Å². The lowest BCUT2D eigenvalue weighted by Crippen LogP contribution is -2.34. The van der Waals surface area contributed by atoms with Crippen molar-refractivity contribution in [2.45, 2.75) is 19.3 Å². The first kappa shape index (κ1) is 14.4. The highest BCUT2D eigenvalue weighted by molar-refractivity contribution is 6.30. The molecule has 0 bridgehead atoms. The predicted molar refractivity (Wildman–Crippen MR) is 86.5 cm³/mol. The third-order valence-electron chi connectivity index (χ3n) is 4.24. The average Bonchev–Trinajstić information content (AvgIpc) is 2.51. The van der Waals surface area contributed by atoms with Crippen molar-refractivity contribution in [2.75, 3.05) is 18.0 Å². The molecule has 110 valence electrons. The van der Waals surface area contributed by atoms with Gasteiger partial charge in [0.15, 0.2) is 0 Å². The maximum atomic E-state index is 12.9. The van der Waals surface area contributed by atoms with Crippen LogP contribution in [0, 0.1) is 11.7 Å². The molecule has 1 fully saturated rings. The Hall–Kier alpha value is -1.54. The summed E-state index contributed by atoms with van der Waals surface area (Å²) >= 11 is 5.93. The number of anilines is 1. The maximum Gasteiger partial charge on any atom is 0.123 e. The molecule has 2 aromatic rings. The van der Waals surface area contributed by atoms with Crippen LogP contribution in [0.15, 0.2) is 48.5 Å². The fourth-order valence-corrected chi connectivity index (χ4v) is 3.13. The normalized spacial score (nSPS) is 16.2. The number of benzene rings is 2. The highest BCUT2D eigenvalue weighted by atomic mass is 35.5. The topological polar surface area (TPSA) is 3.24 Å². The highest BCUT2D eigenvalue weighted by Crippen LogP contribution is 2.26. The number of nitrogens with zero attached hydrogens (tertiary/aromatic N) is 1. The number of hydrogen-bond acceptors (Lipinski definition) is 1. The average molecular weight is 304 g/mol. The van der Waals surface area contributed by atoms with E-state index in [4.69, 9.17) is 11.6 Å². The summed E-state index contributed by atoms with van der Waals surface area (Å²) in [7, 11) is 0. The molecular weight excluding hydrogens is 285 g/mol. The zero-order valence-electron chi connectivity index (χ0n) is 11.9. The minimum absolute atomic E-state index is 0.156. The lowest BCUT2D eigenvalue weighted by molar-refractivity contribution is 0.403. The van der Waals surface area contributed by atoms with E-state index in [1.807, 2.05) is 24.3 Å². The van der Waals surface area contributed by atoms with E-state index in [9.17, 15) is 4.39 Å². The molecule has 0 spiro atoms. The maximum absolute atomic E-state index is 12.9. The Balaban J connectivity index is 1.55. The molecule has 0 N–H and O–H groups in total. The van der Waals surface area contributed by atoms with Gasteiger partial charge < -0.3 is 4.90 Å². The number of piperidine rings is 1. The van der Waals surface area contributed by atoms with E-state index >= 15 is 0 Å². The van der Waals surface area contributed by atoms with Gasteiger partial charge in [-0.05, 0) is 67.1 Å².